The molecular formula is C16H23NO. The van der Waals surface area contributed by atoms with Gasteiger partial charge in [-0.05, 0) is 49.7 Å². The average molecular weight is 245 g/mol. The number of fused-ring (bicyclic) bond motifs is 1. The largest absolute Gasteiger partial charge is 0.490 e. The second kappa shape index (κ2) is 4.27. The smallest absolute Gasteiger partial charge is 0.123 e. The third kappa shape index (κ3) is 2.26. The minimum atomic E-state index is 0.358. The summed E-state index contributed by atoms with van der Waals surface area (Å²) in [5.41, 5.74) is 9.14. The molecule has 1 saturated carbocycles. The van der Waals surface area contributed by atoms with Crippen LogP contribution in [0.2, 0.25) is 0 Å². The van der Waals surface area contributed by atoms with E-state index in [9.17, 15) is 0 Å². The summed E-state index contributed by atoms with van der Waals surface area (Å²) < 4.78 is 6.08. The van der Waals surface area contributed by atoms with Gasteiger partial charge in [0.15, 0.2) is 0 Å². The molecule has 2 nitrogen and oxygen atoms in total. The summed E-state index contributed by atoms with van der Waals surface area (Å²) in [6, 6.07) is 6.92. The maximum atomic E-state index is 6.08. The molecule has 3 unspecified atom stereocenters. The highest BCUT2D eigenvalue weighted by Gasteiger charge is 2.37. The number of ether oxygens (including phenoxy) is 1. The second-order valence-electron chi connectivity index (χ2n) is 6.57. The van der Waals surface area contributed by atoms with Crippen LogP contribution in [0.25, 0.3) is 0 Å². The van der Waals surface area contributed by atoms with Crippen molar-refractivity contribution in [3.05, 3.63) is 29.3 Å². The Balaban J connectivity index is 1.68. The first kappa shape index (κ1) is 12.0. The van der Waals surface area contributed by atoms with E-state index in [1.165, 1.54) is 24.0 Å². The Morgan fingerprint density at radius 3 is 3.00 bits per heavy atom. The molecule has 1 aliphatic carbocycles. The van der Waals surface area contributed by atoms with E-state index in [0.717, 1.165) is 25.0 Å². The van der Waals surface area contributed by atoms with Crippen molar-refractivity contribution in [2.45, 2.75) is 58.1 Å². The first-order chi connectivity index (χ1) is 8.54. The van der Waals surface area contributed by atoms with Gasteiger partial charge in [-0.15, -0.1) is 0 Å². The lowest BCUT2D eigenvalue weighted by Crippen LogP contribution is -2.26. The summed E-state index contributed by atoms with van der Waals surface area (Å²) in [7, 11) is 0. The lowest BCUT2D eigenvalue weighted by molar-refractivity contribution is 0.148. The van der Waals surface area contributed by atoms with Gasteiger partial charge < -0.3 is 10.5 Å². The van der Waals surface area contributed by atoms with Crippen molar-refractivity contribution >= 4 is 0 Å². The first-order valence-corrected chi connectivity index (χ1v) is 7.06. The van der Waals surface area contributed by atoms with Gasteiger partial charge in [-0.2, -0.15) is 0 Å². The molecule has 1 aliphatic heterocycles. The van der Waals surface area contributed by atoms with Gasteiger partial charge in [0.1, 0.15) is 11.9 Å². The van der Waals surface area contributed by atoms with E-state index < -0.39 is 0 Å². The fraction of sp³-hybridized carbons (Fsp3) is 0.625. The molecule has 0 amide bonds. The van der Waals surface area contributed by atoms with E-state index in [4.69, 9.17) is 10.5 Å². The van der Waals surface area contributed by atoms with Crippen LogP contribution in [0.1, 0.15) is 43.7 Å². The van der Waals surface area contributed by atoms with E-state index in [2.05, 4.69) is 32.0 Å². The van der Waals surface area contributed by atoms with E-state index in [1.807, 2.05) is 0 Å². The van der Waals surface area contributed by atoms with Crippen LogP contribution in [0.5, 0.6) is 5.75 Å². The number of benzene rings is 1. The molecule has 3 rings (SSSR count). The predicted octanol–water partition coefficient (Wildman–Crippen LogP) is 3.21. The number of aryl methyl sites for hydroxylation is 1. The SMILES string of the molecule is Cc1ccc2c(c1)CC(CC1(C)CCC(N)C1)O2. The van der Waals surface area contributed by atoms with Crippen molar-refractivity contribution in [1.82, 2.24) is 0 Å². The van der Waals surface area contributed by atoms with Gasteiger partial charge in [-0.1, -0.05) is 24.6 Å². The lowest BCUT2D eigenvalue weighted by Gasteiger charge is -2.27. The van der Waals surface area contributed by atoms with E-state index >= 15 is 0 Å². The Bertz CT molecular complexity index is 456. The molecule has 2 N–H and O–H groups in total. The van der Waals surface area contributed by atoms with Gasteiger partial charge in [-0.3, -0.25) is 0 Å². The standard InChI is InChI=1S/C16H23NO/c1-11-3-4-15-12(7-11)8-14(18-15)10-16(2)6-5-13(17)9-16/h3-4,7,13-14H,5-6,8-10,17H2,1-2H3. The molecule has 1 heterocycles. The van der Waals surface area contributed by atoms with Crippen LogP contribution in [0.15, 0.2) is 18.2 Å². The molecule has 98 valence electrons. The molecular weight excluding hydrogens is 222 g/mol. The molecule has 0 radical (unpaired) electrons. The zero-order chi connectivity index (χ0) is 12.8. The summed E-state index contributed by atoms with van der Waals surface area (Å²) in [6.07, 6.45) is 6.16. The molecule has 1 fully saturated rings. The topological polar surface area (TPSA) is 35.2 Å². The van der Waals surface area contributed by atoms with Crippen LogP contribution >= 0.6 is 0 Å². The van der Waals surface area contributed by atoms with Gasteiger partial charge in [0, 0.05) is 12.5 Å². The Hall–Kier alpha value is -1.02. The van der Waals surface area contributed by atoms with Crippen molar-refractivity contribution < 1.29 is 4.74 Å². The van der Waals surface area contributed by atoms with Crippen LogP contribution in [-0.4, -0.2) is 12.1 Å². The number of nitrogens with two attached hydrogens (primary N) is 1. The highest BCUT2D eigenvalue weighted by molar-refractivity contribution is 5.40. The molecule has 0 saturated heterocycles. The zero-order valence-corrected chi connectivity index (χ0v) is 11.4. The molecule has 3 atom stereocenters. The van der Waals surface area contributed by atoms with Crippen LogP contribution < -0.4 is 10.5 Å². The normalized spacial score (nSPS) is 34.4. The quantitative estimate of drug-likeness (QED) is 0.868. The van der Waals surface area contributed by atoms with Crippen molar-refractivity contribution in [2.24, 2.45) is 11.1 Å². The Labute approximate surface area is 110 Å². The fourth-order valence-electron chi connectivity index (χ4n) is 3.67. The highest BCUT2D eigenvalue weighted by Crippen LogP contribution is 2.43. The molecule has 1 aromatic carbocycles. The second-order valence-corrected chi connectivity index (χ2v) is 6.57. The first-order valence-electron chi connectivity index (χ1n) is 7.06. The van der Waals surface area contributed by atoms with Crippen molar-refractivity contribution in [2.75, 3.05) is 0 Å². The number of hydrogen-bond donors (Lipinski definition) is 1. The van der Waals surface area contributed by atoms with Crippen molar-refractivity contribution in [3.63, 3.8) is 0 Å². The molecule has 0 spiro atoms. The molecule has 1 aromatic rings. The van der Waals surface area contributed by atoms with Crippen LogP contribution in [0.3, 0.4) is 0 Å². The minimum absolute atomic E-state index is 0.358. The fourth-order valence-corrected chi connectivity index (χ4v) is 3.67. The molecule has 18 heavy (non-hydrogen) atoms. The Morgan fingerprint density at radius 1 is 1.44 bits per heavy atom. The van der Waals surface area contributed by atoms with Crippen LogP contribution in [0.4, 0.5) is 0 Å². The third-order valence-corrected chi connectivity index (χ3v) is 4.55. The Kier molecular flexibility index (Phi) is 2.86. The monoisotopic (exact) mass is 245 g/mol. The molecule has 0 bridgehead atoms. The average Bonchev–Trinajstić information content (AvgIpc) is 2.81. The molecule has 2 aliphatic rings. The highest BCUT2D eigenvalue weighted by atomic mass is 16.5. The van der Waals surface area contributed by atoms with E-state index in [0.29, 0.717) is 17.6 Å². The predicted molar refractivity (Wildman–Crippen MR) is 73.8 cm³/mol. The summed E-state index contributed by atoms with van der Waals surface area (Å²) in [5.74, 6) is 1.09. The summed E-state index contributed by atoms with van der Waals surface area (Å²) in [5, 5.41) is 0. The van der Waals surface area contributed by atoms with Gasteiger partial charge in [0.25, 0.3) is 0 Å². The number of hydrogen-bond acceptors (Lipinski definition) is 2. The van der Waals surface area contributed by atoms with Crippen LogP contribution in [-0.2, 0) is 6.42 Å². The van der Waals surface area contributed by atoms with Crippen molar-refractivity contribution in [3.8, 4) is 5.75 Å². The number of rotatable bonds is 2. The Morgan fingerprint density at radius 2 is 2.28 bits per heavy atom. The summed E-state index contributed by atoms with van der Waals surface area (Å²) in [6.45, 7) is 4.52. The van der Waals surface area contributed by atoms with Gasteiger partial charge in [0.2, 0.25) is 0 Å². The maximum Gasteiger partial charge on any atom is 0.123 e. The summed E-state index contributed by atoms with van der Waals surface area (Å²) >= 11 is 0. The summed E-state index contributed by atoms with van der Waals surface area (Å²) in [4.78, 5) is 0. The van der Waals surface area contributed by atoms with E-state index in [1.54, 1.807) is 0 Å². The molecule has 0 aromatic heterocycles. The third-order valence-electron chi connectivity index (χ3n) is 4.55. The minimum Gasteiger partial charge on any atom is -0.490 e. The van der Waals surface area contributed by atoms with E-state index in [-0.39, 0.29) is 0 Å². The zero-order valence-electron chi connectivity index (χ0n) is 11.4. The van der Waals surface area contributed by atoms with Gasteiger partial charge >= 0.3 is 0 Å². The van der Waals surface area contributed by atoms with Crippen molar-refractivity contribution in [1.29, 1.82) is 0 Å². The maximum absolute atomic E-state index is 6.08. The van der Waals surface area contributed by atoms with Gasteiger partial charge in [0.05, 0.1) is 0 Å². The lowest BCUT2D eigenvalue weighted by atomic mass is 9.82. The van der Waals surface area contributed by atoms with Crippen LogP contribution in [0, 0.1) is 12.3 Å². The molecule has 2 heteroatoms. The van der Waals surface area contributed by atoms with Gasteiger partial charge in [-0.25, -0.2) is 0 Å².